The zero-order chi connectivity index (χ0) is 25.1. The molecule has 0 aromatic heterocycles. The number of benzene rings is 1. The van der Waals surface area contributed by atoms with E-state index in [1.807, 2.05) is 0 Å². The maximum Gasteiger partial charge on any atom is 0.326 e. The van der Waals surface area contributed by atoms with Crippen LogP contribution in [0.5, 0.6) is 5.75 Å². The molecule has 33 heavy (non-hydrogen) atoms. The van der Waals surface area contributed by atoms with Gasteiger partial charge in [-0.15, -0.1) is 0 Å². The first-order valence-corrected chi connectivity index (χ1v) is 10.3. The van der Waals surface area contributed by atoms with Gasteiger partial charge >= 0.3 is 11.9 Å². The molecular weight excluding hydrogens is 436 g/mol. The van der Waals surface area contributed by atoms with Crippen LogP contribution in [0.25, 0.3) is 0 Å². The number of carboxylic acid groups (broad SMARTS) is 2. The van der Waals surface area contributed by atoms with Gasteiger partial charge in [-0.25, -0.2) is 4.79 Å². The molecule has 0 heterocycles. The molecule has 1 aromatic rings. The summed E-state index contributed by atoms with van der Waals surface area (Å²) in [6.07, 6.45) is -0.748. The zero-order valence-electron chi connectivity index (χ0n) is 18.4. The van der Waals surface area contributed by atoms with E-state index in [2.05, 4.69) is 16.0 Å². The van der Waals surface area contributed by atoms with Gasteiger partial charge in [0.1, 0.15) is 23.9 Å². The number of aromatic hydroxyl groups is 1. The lowest BCUT2D eigenvalue weighted by Crippen LogP contribution is -2.58. The zero-order valence-corrected chi connectivity index (χ0v) is 18.4. The highest BCUT2D eigenvalue weighted by atomic mass is 16.4. The molecule has 12 heteroatoms. The molecule has 0 bridgehead atoms. The molecule has 12 nitrogen and oxygen atoms in total. The highest BCUT2D eigenvalue weighted by Crippen LogP contribution is 2.12. The summed E-state index contributed by atoms with van der Waals surface area (Å²) in [6, 6.07) is 2.28. The van der Waals surface area contributed by atoms with E-state index in [1.54, 1.807) is 26.0 Å². The molecular formula is C21H30N4O8. The van der Waals surface area contributed by atoms with Gasteiger partial charge in [0.05, 0.1) is 6.54 Å². The summed E-state index contributed by atoms with van der Waals surface area (Å²) >= 11 is 0. The molecule has 0 spiro atoms. The van der Waals surface area contributed by atoms with Crippen LogP contribution >= 0.6 is 0 Å². The van der Waals surface area contributed by atoms with Crippen LogP contribution in [0.2, 0.25) is 0 Å². The number of hydrogen-bond donors (Lipinski definition) is 7. The van der Waals surface area contributed by atoms with E-state index in [1.165, 1.54) is 12.1 Å². The van der Waals surface area contributed by atoms with Gasteiger partial charge in [0.25, 0.3) is 0 Å². The van der Waals surface area contributed by atoms with E-state index in [4.69, 9.17) is 10.8 Å². The number of hydrogen-bond acceptors (Lipinski definition) is 7. The summed E-state index contributed by atoms with van der Waals surface area (Å²) in [5.74, 6) is -5.14. The molecule has 0 saturated heterocycles. The second-order valence-corrected chi connectivity index (χ2v) is 7.76. The minimum Gasteiger partial charge on any atom is -0.508 e. The number of carboxylic acids is 2. The normalized spacial score (nSPS) is 13.5. The Hall–Kier alpha value is -3.67. The van der Waals surface area contributed by atoms with Crippen molar-refractivity contribution in [1.82, 2.24) is 16.0 Å². The van der Waals surface area contributed by atoms with Crippen molar-refractivity contribution in [2.24, 2.45) is 11.7 Å². The lowest BCUT2D eigenvalue weighted by molar-refractivity contribution is -0.143. The standard InChI is InChI=1S/C21H30N4O8/c1-11(2)18(20(31)24-14(21(32)33)7-8-17(28)29)25-19(30)15(23-16(27)10-22)9-12-3-5-13(26)6-4-12/h3-6,11,14-15,18,26H,7-10,22H2,1-2H3,(H,23,27)(H,24,31)(H,25,30)(H,28,29)(H,32,33). The van der Waals surface area contributed by atoms with Crippen LogP contribution in [0.3, 0.4) is 0 Å². The van der Waals surface area contributed by atoms with Crippen molar-refractivity contribution in [3.63, 3.8) is 0 Å². The van der Waals surface area contributed by atoms with Crippen molar-refractivity contribution in [2.45, 2.75) is 51.2 Å². The number of nitrogens with one attached hydrogen (secondary N) is 3. The molecule has 182 valence electrons. The van der Waals surface area contributed by atoms with E-state index in [9.17, 15) is 34.2 Å². The SMILES string of the molecule is CC(C)C(NC(=O)C(Cc1ccc(O)cc1)NC(=O)CN)C(=O)NC(CCC(=O)O)C(=O)O. The molecule has 0 aliphatic carbocycles. The Labute approximate surface area is 190 Å². The average molecular weight is 466 g/mol. The van der Waals surface area contributed by atoms with Gasteiger partial charge in [0.2, 0.25) is 17.7 Å². The Bertz CT molecular complexity index is 856. The Morgan fingerprint density at radius 1 is 0.909 bits per heavy atom. The molecule has 0 saturated carbocycles. The van der Waals surface area contributed by atoms with Crippen molar-refractivity contribution in [3.8, 4) is 5.75 Å². The first-order chi connectivity index (χ1) is 15.4. The number of rotatable bonds is 13. The highest BCUT2D eigenvalue weighted by Gasteiger charge is 2.31. The van der Waals surface area contributed by atoms with Crippen molar-refractivity contribution < 1.29 is 39.3 Å². The number of carbonyl (C=O) groups is 5. The van der Waals surface area contributed by atoms with Gasteiger partial charge in [-0.2, -0.15) is 0 Å². The van der Waals surface area contributed by atoms with E-state index >= 15 is 0 Å². The lowest BCUT2D eigenvalue weighted by atomic mass is 10.00. The van der Waals surface area contributed by atoms with Crippen LogP contribution in [0.1, 0.15) is 32.3 Å². The number of nitrogens with two attached hydrogens (primary N) is 1. The maximum atomic E-state index is 12.9. The van der Waals surface area contributed by atoms with Gasteiger partial charge in [-0.3, -0.25) is 19.2 Å². The van der Waals surface area contributed by atoms with Gasteiger partial charge in [0, 0.05) is 12.8 Å². The summed E-state index contributed by atoms with van der Waals surface area (Å²) in [5, 5.41) is 34.7. The molecule has 0 fully saturated rings. The maximum absolute atomic E-state index is 12.9. The third-order valence-corrected chi connectivity index (χ3v) is 4.72. The Morgan fingerprint density at radius 3 is 2.00 bits per heavy atom. The molecule has 8 N–H and O–H groups in total. The van der Waals surface area contributed by atoms with E-state index in [0.717, 1.165) is 0 Å². The number of amides is 3. The Morgan fingerprint density at radius 2 is 1.52 bits per heavy atom. The molecule has 1 rings (SSSR count). The molecule has 0 radical (unpaired) electrons. The Kier molecular flexibility index (Phi) is 10.8. The number of carbonyl (C=O) groups excluding carboxylic acids is 3. The topological polar surface area (TPSA) is 208 Å². The smallest absolute Gasteiger partial charge is 0.326 e. The molecule has 0 aliphatic heterocycles. The fourth-order valence-corrected chi connectivity index (χ4v) is 2.91. The first-order valence-electron chi connectivity index (χ1n) is 10.3. The lowest BCUT2D eigenvalue weighted by Gasteiger charge is -2.26. The third kappa shape index (κ3) is 9.56. The quantitative estimate of drug-likeness (QED) is 0.189. The Balaban J connectivity index is 2.99. The van der Waals surface area contributed by atoms with Crippen molar-refractivity contribution >= 4 is 29.7 Å². The fraction of sp³-hybridized carbons (Fsp3) is 0.476. The van der Waals surface area contributed by atoms with Gasteiger partial charge < -0.3 is 37.0 Å². The second-order valence-electron chi connectivity index (χ2n) is 7.76. The van der Waals surface area contributed by atoms with Gasteiger partial charge in [-0.05, 0) is 30.0 Å². The number of phenols is 1. The summed E-state index contributed by atoms with van der Waals surface area (Å²) < 4.78 is 0. The highest BCUT2D eigenvalue weighted by molar-refractivity contribution is 5.94. The third-order valence-electron chi connectivity index (χ3n) is 4.72. The molecule has 0 aliphatic rings. The second kappa shape index (κ2) is 13.0. The van der Waals surface area contributed by atoms with Crippen molar-refractivity contribution in [2.75, 3.05) is 6.54 Å². The van der Waals surface area contributed by atoms with Crippen molar-refractivity contribution in [1.29, 1.82) is 0 Å². The van der Waals surface area contributed by atoms with Crippen LogP contribution in [0.15, 0.2) is 24.3 Å². The largest absolute Gasteiger partial charge is 0.508 e. The van der Waals surface area contributed by atoms with E-state index in [0.29, 0.717) is 5.56 Å². The molecule has 3 amide bonds. The summed E-state index contributed by atoms with van der Waals surface area (Å²) in [5.41, 5.74) is 5.95. The van der Waals surface area contributed by atoms with Crippen molar-refractivity contribution in [3.05, 3.63) is 29.8 Å². The minimum atomic E-state index is -1.45. The molecule has 1 aromatic carbocycles. The van der Waals surface area contributed by atoms with Crippen LogP contribution in [-0.2, 0) is 30.4 Å². The molecule has 3 unspecified atom stereocenters. The summed E-state index contributed by atoms with van der Waals surface area (Å²) in [7, 11) is 0. The van der Waals surface area contributed by atoms with Crippen LogP contribution < -0.4 is 21.7 Å². The monoisotopic (exact) mass is 466 g/mol. The number of phenolic OH excluding ortho intramolecular Hbond substituents is 1. The number of aliphatic carboxylic acids is 2. The van der Waals surface area contributed by atoms with E-state index in [-0.39, 0.29) is 25.1 Å². The summed E-state index contributed by atoms with van der Waals surface area (Å²) in [4.78, 5) is 59.6. The predicted octanol–water partition coefficient (Wildman–Crippen LogP) is -1.05. The minimum absolute atomic E-state index is 0.0261. The predicted molar refractivity (Wildman–Crippen MR) is 116 cm³/mol. The van der Waals surface area contributed by atoms with Crippen LogP contribution in [-0.4, -0.2) is 69.7 Å². The van der Waals surface area contributed by atoms with Crippen LogP contribution in [0, 0.1) is 5.92 Å². The van der Waals surface area contributed by atoms with Gasteiger partial charge in [0.15, 0.2) is 0 Å². The average Bonchev–Trinajstić information content (AvgIpc) is 2.74. The fourth-order valence-electron chi connectivity index (χ4n) is 2.91. The van der Waals surface area contributed by atoms with Gasteiger partial charge in [-0.1, -0.05) is 26.0 Å². The first kappa shape index (κ1) is 27.4. The summed E-state index contributed by atoms with van der Waals surface area (Å²) in [6.45, 7) is 2.90. The van der Waals surface area contributed by atoms with E-state index < -0.39 is 60.1 Å². The molecule has 3 atom stereocenters. The van der Waals surface area contributed by atoms with Crippen LogP contribution in [0.4, 0.5) is 0 Å².